The number of hydrogen-bond acceptors (Lipinski definition) is 6. The number of piperidine rings is 2. The number of aromatic nitrogens is 1. The molecule has 3 atom stereocenters. The van der Waals surface area contributed by atoms with Crippen molar-refractivity contribution >= 4 is 17.7 Å². The Kier molecular flexibility index (Phi) is 9.18. The molecule has 4 heterocycles. The van der Waals surface area contributed by atoms with Crippen LogP contribution in [0.2, 0.25) is 0 Å². The summed E-state index contributed by atoms with van der Waals surface area (Å²) in [5, 5.41) is 3.04. The number of nitrogens with zero attached hydrogens (tertiary/aromatic N) is 3. The van der Waals surface area contributed by atoms with Crippen LogP contribution in [0.3, 0.4) is 0 Å². The number of likely N-dealkylation sites (tertiary alicyclic amines) is 1. The highest BCUT2D eigenvalue weighted by atomic mass is 16.5. The van der Waals surface area contributed by atoms with E-state index in [4.69, 9.17) is 9.47 Å². The maximum Gasteiger partial charge on any atom is 0.263 e. The lowest BCUT2D eigenvalue weighted by Crippen LogP contribution is -2.60. The van der Waals surface area contributed by atoms with Crippen molar-refractivity contribution in [3.8, 4) is 11.5 Å². The van der Waals surface area contributed by atoms with E-state index in [0.717, 1.165) is 30.4 Å². The van der Waals surface area contributed by atoms with Crippen LogP contribution in [0.1, 0.15) is 60.0 Å². The number of rotatable bonds is 3. The molecule has 0 aliphatic carbocycles. The molecule has 42 heavy (non-hydrogen) atoms. The lowest BCUT2D eigenvalue weighted by atomic mass is 9.77. The minimum Gasteiger partial charge on any atom is -0.493 e. The van der Waals surface area contributed by atoms with Gasteiger partial charge in [0.25, 0.3) is 11.5 Å². The molecule has 226 valence electrons. The number of methoxy groups -OCH3 is 2. The zero-order valence-electron chi connectivity index (χ0n) is 24.9. The van der Waals surface area contributed by atoms with Gasteiger partial charge in [0.1, 0.15) is 5.56 Å². The molecule has 10 heteroatoms. The second kappa shape index (κ2) is 13.0. The Balaban J connectivity index is 1.38. The topological polar surface area (TPSA) is 110 Å². The molecule has 5 rings (SSSR count). The fraction of sp³-hybridized carbons (Fsp3) is 0.562. The number of nitrogens with one attached hydrogen (secondary N) is 1. The molecule has 0 radical (unpaired) electrons. The summed E-state index contributed by atoms with van der Waals surface area (Å²) in [6.07, 6.45) is 6.78. The first kappa shape index (κ1) is 29.7. The molecule has 10 nitrogen and oxygen atoms in total. The predicted molar refractivity (Wildman–Crippen MR) is 158 cm³/mol. The van der Waals surface area contributed by atoms with E-state index in [1.54, 1.807) is 44.5 Å². The molecule has 2 aromatic rings. The smallest absolute Gasteiger partial charge is 0.263 e. The van der Waals surface area contributed by atoms with E-state index < -0.39 is 0 Å². The molecule has 0 saturated carbocycles. The fourth-order valence-corrected chi connectivity index (χ4v) is 7.00. The van der Waals surface area contributed by atoms with Crippen LogP contribution in [0.25, 0.3) is 0 Å². The number of fused-ring (bicyclic) bond motifs is 6. The Hall–Kier alpha value is -3.82. The van der Waals surface area contributed by atoms with Crippen molar-refractivity contribution in [2.75, 3.05) is 40.4 Å². The van der Waals surface area contributed by atoms with Crippen molar-refractivity contribution in [2.24, 2.45) is 18.9 Å². The number of carbonyl (C=O) groups excluding carboxylic acids is 3. The van der Waals surface area contributed by atoms with Crippen LogP contribution in [-0.4, -0.2) is 78.5 Å². The van der Waals surface area contributed by atoms with Crippen molar-refractivity contribution in [3.05, 3.63) is 57.5 Å². The zero-order valence-corrected chi connectivity index (χ0v) is 24.9. The van der Waals surface area contributed by atoms with Crippen molar-refractivity contribution in [3.63, 3.8) is 0 Å². The number of hydrogen-bond donors (Lipinski definition) is 1. The van der Waals surface area contributed by atoms with Gasteiger partial charge in [0.05, 0.1) is 14.2 Å². The van der Waals surface area contributed by atoms with Gasteiger partial charge in [-0.25, -0.2) is 0 Å². The summed E-state index contributed by atoms with van der Waals surface area (Å²) in [5.74, 6) is 1.42. The molecule has 4 bridgehead atoms. The number of amides is 3. The highest BCUT2D eigenvalue weighted by Crippen LogP contribution is 2.37. The molecule has 1 N–H and O–H groups in total. The van der Waals surface area contributed by atoms with Crippen molar-refractivity contribution in [1.82, 2.24) is 19.7 Å². The third-order valence-corrected chi connectivity index (χ3v) is 9.02. The van der Waals surface area contributed by atoms with Crippen LogP contribution in [0.5, 0.6) is 11.5 Å². The lowest BCUT2D eigenvalue weighted by molar-refractivity contribution is -0.140. The Bertz CT molecular complexity index is 1390. The molecule has 1 aromatic heterocycles. The highest BCUT2D eigenvalue weighted by molar-refractivity contribution is 5.94. The van der Waals surface area contributed by atoms with Gasteiger partial charge in [0.15, 0.2) is 11.5 Å². The molecule has 0 spiro atoms. The van der Waals surface area contributed by atoms with Crippen LogP contribution >= 0.6 is 0 Å². The first-order valence-electron chi connectivity index (χ1n) is 15.0. The minimum absolute atomic E-state index is 0.00678. The van der Waals surface area contributed by atoms with E-state index in [1.165, 1.54) is 4.57 Å². The van der Waals surface area contributed by atoms with Crippen LogP contribution < -0.4 is 20.3 Å². The van der Waals surface area contributed by atoms with E-state index >= 15 is 0 Å². The Morgan fingerprint density at radius 1 is 0.976 bits per heavy atom. The van der Waals surface area contributed by atoms with Gasteiger partial charge < -0.3 is 29.2 Å². The van der Waals surface area contributed by atoms with E-state index in [0.29, 0.717) is 69.8 Å². The number of aryl methyl sites for hydroxylation is 3. The third kappa shape index (κ3) is 6.32. The molecule has 0 unspecified atom stereocenters. The Labute approximate surface area is 247 Å². The fourth-order valence-electron chi connectivity index (χ4n) is 7.00. The van der Waals surface area contributed by atoms with Crippen molar-refractivity contribution in [2.45, 2.75) is 57.4 Å². The van der Waals surface area contributed by atoms with Gasteiger partial charge in [-0.1, -0.05) is 6.07 Å². The highest BCUT2D eigenvalue weighted by Gasteiger charge is 2.43. The lowest BCUT2D eigenvalue weighted by Gasteiger charge is -2.51. The number of benzene rings is 1. The molecule has 3 aliphatic heterocycles. The summed E-state index contributed by atoms with van der Waals surface area (Å²) < 4.78 is 12.7. The zero-order chi connectivity index (χ0) is 29.8. The van der Waals surface area contributed by atoms with Gasteiger partial charge in [0, 0.05) is 58.3 Å². The summed E-state index contributed by atoms with van der Waals surface area (Å²) in [7, 11) is 4.88. The van der Waals surface area contributed by atoms with Gasteiger partial charge in [-0.15, -0.1) is 0 Å². The van der Waals surface area contributed by atoms with Crippen molar-refractivity contribution in [1.29, 1.82) is 0 Å². The Morgan fingerprint density at radius 2 is 1.81 bits per heavy atom. The standard InChI is InChI=1S/C32H42N4O6/c1-34-14-6-8-25(31(34)39)32(40)35-18-22-16-24(20-35)26-9-4-10-28(37)33-13-5-7-23-15-21(11-12-29(38)36(26)19-22)17-27(41-2)30(23)42-3/h6,8,14-15,17,22,24,26H,4-5,7,9-13,16,18-20H2,1-3H3,(H,33,37)/t22-,24+,26-/m0/s1. The summed E-state index contributed by atoms with van der Waals surface area (Å²) in [6.45, 7) is 2.15. The molecule has 3 aliphatic rings. The monoisotopic (exact) mass is 578 g/mol. The SMILES string of the molecule is COc1cc2cc(c1OC)CCCNC(=O)CCC[C@H]1[C@@H]3C[C@@H](CN(C(=O)c4cccn(C)c4=O)C3)CN1C(=O)CC2. The van der Waals surface area contributed by atoms with Gasteiger partial charge >= 0.3 is 0 Å². The van der Waals surface area contributed by atoms with Crippen LogP contribution in [0.15, 0.2) is 35.3 Å². The molecular formula is C32H42N4O6. The summed E-state index contributed by atoms with van der Waals surface area (Å²) in [4.78, 5) is 56.4. The van der Waals surface area contributed by atoms with Crippen LogP contribution in [0, 0.1) is 11.8 Å². The molecular weight excluding hydrogens is 536 g/mol. The average Bonchev–Trinajstić information content (AvgIpc) is 2.99. The first-order valence-corrected chi connectivity index (χ1v) is 15.0. The van der Waals surface area contributed by atoms with Gasteiger partial charge in [-0.3, -0.25) is 19.2 Å². The van der Waals surface area contributed by atoms with Gasteiger partial charge in [0.2, 0.25) is 11.8 Å². The third-order valence-electron chi connectivity index (χ3n) is 9.02. The maximum atomic E-state index is 13.8. The number of ether oxygens (including phenoxy) is 2. The van der Waals surface area contributed by atoms with Crippen LogP contribution in [-0.2, 0) is 29.5 Å². The summed E-state index contributed by atoms with van der Waals surface area (Å²) >= 11 is 0. The second-order valence-corrected chi connectivity index (χ2v) is 11.9. The van der Waals surface area contributed by atoms with Gasteiger partial charge in [-0.2, -0.15) is 0 Å². The summed E-state index contributed by atoms with van der Waals surface area (Å²) in [6, 6.07) is 7.27. The van der Waals surface area contributed by atoms with Gasteiger partial charge in [-0.05, 0) is 79.7 Å². The number of carbonyl (C=O) groups is 3. The first-order chi connectivity index (χ1) is 20.3. The summed E-state index contributed by atoms with van der Waals surface area (Å²) in [5.41, 5.74) is 1.90. The maximum absolute atomic E-state index is 13.8. The predicted octanol–water partition coefficient (Wildman–Crippen LogP) is 2.56. The molecule has 2 saturated heterocycles. The van der Waals surface area contributed by atoms with E-state index in [1.807, 2.05) is 11.0 Å². The minimum atomic E-state index is -0.302. The Morgan fingerprint density at radius 3 is 2.60 bits per heavy atom. The normalized spacial score (nSPS) is 23.5. The van der Waals surface area contributed by atoms with E-state index in [9.17, 15) is 19.2 Å². The second-order valence-electron chi connectivity index (χ2n) is 11.9. The molecule has 1 aromatic carbocycles. The van der Waals surface area contributed by atoms with Crippen molar-refractivity contribution < 1.29 is 23.9 Å². The average molecular weight is 579 g/mol. The van der Waals surface area contributed by atoms with E-state index in [2.05, 4.69) is 11.4 Å². The largest absolute Gasteiger partial charge is 0.493 e. The quantitative estimate of drug-likeness (QED) is 0.600. The van der Waals surface area contributed by atoms with Crippen LogP contribution in [0.4, 0.5) is 0 Å². The molecule has 2 fully saturated rings. The molecule has 3 amide bonds. The number of pyridine rings is 1. The van der Waals surface area contributed by atoms with E-state index in [-0.39, 0.29) is 46.7 Å².